The van der Waals surface area contributed by atoms with Crippen molar-refractivity contribution in [1.82, 2.24) is 0 Å². The molecular weight excluding hydrogens is 308 g/mol. The molecule has 0 spiro atoms. The molecule has 1 saturated heterocycles. The number of hydrogen-bond acceptors (Lipinski definition) is 5. The Labute approximate surface area is 142 Å². The van der Waals surface area contributed by atoms with Crippen molar-refractivity contribution in [2.24, 2.45) is 23.7 Å². The Balaban J connectivity index is 1.96. The van der Waals surface area contributed by atoms with E-state index in [0.29, 0.717) is 17.6 Å². The molecule has 1 aliphatic heterocycles. The van der Waals surface area contributed by atoms with Crippen LogP contribution in [0.25, 0.3) is 0 Å². The van der Waals surface area contributed by atoms with Gasteiger partial charge in [0.25, 0.3) is 0 Å². The first-order chi connectivity index (χ1) is 11.2. The van der Waals surface area contributed by atoms with E-state index < -0.39 is 18.3 Å². The monoisotopic (exact) mass is 332 g/mol. The van der Waals surface area contributed by atoms with Crippen molar-refractivity contribution < 1.29 is 24.2 Å². The molecule has 130 valence electrons. The highest BCUT2D eigenvalue weighted by Crippen LogP contribution is 2.52. The van der Waals surface area contributed by atoms with Crippen LogP contribution in [-0.2, 0) is 19.1 Å². The number of hydrogen-bond donors (Lipinski definition) is 1. The summed E-state index contributed by atoms with van der Waals surface area (Å²) in [5.74, 6) is -1.74. The first-order valence-electron chi connectivity index (χ1n) is 8.38. The molecule has 3 fully saturated rings. The number of carbonyl (C=O) groups is 2. The summed E-state index contributed by atoms with van der Waals surface area (Å²) in [6.07, 6.45) is -0.732. The van der Waals surface area contributed by atoms with Crippen LogP contribution in [0.2, 0.25) is 0 Å². The molecule has 0 radical (unpaired) electrons. The highest BCUT2D eigenvalue weighted by atomic mass is 16.6. The van der Waals surface area contributed by atoms with Gasteiger partial charge in [0.15, 0.2) is 0 Å². The number of esters is 2. The summed E-state index contributed by atoms with van der Waals surface area (Å²) in [6.45, 7) is 15.5. The second-order valence-electron chi connectivity index (χ2n) is 7.33. The third-order valence-electron chi connectivity index (χ3n) is 5.53. The van der Waals surface area contributed by atoms with E-state index in [1.165, 1.54) is 0 Å². The van der Waals surface area contributed by atoms with Gasteiger partial charge in [0.1, 0.15) is 18.3 Å². The standard InChI is InChI=1S/C19H24O5/c1-8(2)18(21)24-17-13-9(3)6-7-12-10(4)19(22)23-16(12)14(13)11(5)15(17)20/h8,12-17,20H,3-7H2,1-2H3/t12-,13-,14-,15+,16-,17+/m0/s1. The van der Waals surface area contributed by atoms with Gasteiger partial charge in [-0.05, 0) is 18.4 Å². The number of aliphatic hydroxyl groups is 1. The zero-order valence-electron chi connectivity index (χ0n) is 14.2. The Bertz CT molecular complexity index is 632. The predicted molar refractivity (Wildman–Crippen MR) is 87.7 cm³/mol. The lowest BCUT2D eigenvalue weighted by Crippen LogP contribution is -2.35. The number of ether oxygens (including phenoxy) is 2. The lowest BCUT2D eigenvalue weighted by Gasteiger charge is -2.28. The molecule has 6 atom stereocenters. The molecule has 5 nitrogen and oxygen atoms in total. The Morgan fingerprint density at radius 2 is 1.96 bits per heavy atom. The van der Waals surface area contributed by atoms with Gasteiger partial charge >= 0.3 is 11.9 Å². The zero-order chi connectivity index (χ0) is 17.8. The Morgan fingerprint density at radius 1 is 1.29 bits per heavy atom. The van der Waals surface area contributed by atoms with E-state index >= 15 is 0 Å². The summed E-state index contributed by atoms with van der Waals surface area (Å²) in [5.41, 5.74) is 1.91. The van der Waals surface area contributed by atoms with Gasteiger partial charge in [0, 0.05) is 23.3 Å². The third kappa shape index (κ3) is 2.42. The van der Waals surface area contributed by atoms with Gasteiger partial charge in [-0.15, -0.1) is 0 Å². The first kappa shape index (κ1) is 17.0. The van der Waals surface area contributed by atoms with E-state index in [1.54, 1.807) is 13.8 Å². The zero-order valence-corrected chi connectivity index (χ0v) is 14.2. The SMILES string of the molecule is C=C1CC[C@H]2C(=C)C(=O)O[C@@H]2[C@H]2C(=C)[C@@H](O)[C@H](OC(=O)C(C)C)[C@@H]12. The van der Waals surface area contributed by atoms with Gasteiger partial charge < -0.3 is 14.6 Å². The van der Waals surface area contributed by atoms with Crippen molar-refractivity contribution in [3.05, 3.63) is 36.5 Å². The fourth-order valence-electron chi connectivity index (χ4n) is 4.15. The second-order valence-corrected chi connectivity index (χ2v) is 7.33. The lowest BCUT2D eigenvalue weighted by molar-refractivity contribution is -0.159. The molecule has 0 amide bonds. The van der Waals surface area contributed by atoms with Gasteiger partial charge in [-0.3, -0.25) is 4.79 Å². The molecular formula is C19H24O5. The van der Waals surface area contributed by atoms with Crippen molar-refractivity contribution in [2.45, 2.75) is 45.0 Å². The van der Waals surface area contributed by atoms with Crippen LogP contribution >= 0.6 is 0 Å². The predicted octanol–water partition coefficient (Wildman–Crippen LogP) is 2.17. The molecule has 0 unspecified atom stereocenters. The van der Waals surface area contributed by atoms with Crippen LogP contribution in [-0.4, -0.2) is 35.4 Å². The fraction of sp³-hybridized carbons (Fsp3) is 0.579. The first-order valence-corrected chi connectivity index (χ1v) is 8.38. The quantitative estimate of drug-likeness (QED) is 0.477. The van der Waals surface area contributed by atoms with E-state index in [2.05, 4.69) is 19.7 Å². The number of rotatable bonds is 2. The summed E-state index contributed by atoms with van der Waals surface area (Å²) < 4.78 is 11.1. The van der Waals surface area contributed by atoms with Crippen LogP contribution in [0.5, 0.6) is 0 Å². The van der Waals surface area contributed by atoms with Crippen molar-refractivity contribution >= 4 is 11.9 Å². The van der Waals surface area contributed by atoms with Crippen LogP contribution in [0, 0.1) is 23.7 Å². The number of fused-ring (bicyclic) bond motifs is 3. The normalized spacial score (nSPS) is 38.7. The molecule has 1 heterocycles. The molecule has 2 saturated carbocycles. The molecule has 0 aromatic heterocycles. The van der Waals surface area contributed by atoms with Gasteiger partial charge in [-0.2, -0.15) is 0 Å². The van der Waals surface area contributed by atoms with E-state index in [1.807, 2.05) is 0 Å². The largest absolute Gasteiger partial charge is 0.458 e. The smallest absolute Gasteiger partial charge is 0.334 e. The molecule has 3 rings (SSSR count). The molecule has 0 bridgehead atoms. The molecule has 0 aromatic rings. The van der Waals surface area contributed by atoms with Crippen LogP contribution in [0.1, 0.15) is 26.7 Å². The summed E-state index contributed by atoms with van der Waals surface area (Å²) in [7, 11) is 0. The van der Waals surface area contributed by atoms with E-state index in [-0.39, 0.29) is 35.6 Å². The summed E-state index contributed by atoms with van der Waals surface area (Å²) in [5, 5.41) is 10.6. The molecule has 24 heavy (non-hydrogen) atoms. The second kappa shape index (κ2) is 5.88. The number of carbonyl (C=O) groups excluding carboxylic acids is 2. The van der Waals surface area contributed by atoms with E-state index in [4.69, 9.17) is 9.47 Å². The summed E-state index contributed by atoms with van der Waals surface area (Å²) >= 11 is 0. The Hall–Kier alpha value is -1.88. The minimum atomic E-state index is -0.981. The Kier molecular flexibility index (Phi) is 4.16. The van der Waals surface area contributed by atoms with E-state index in [9.17, 15) is 14.7 Å². The average Bonchev–Trinajstić information content (AvgIpc) is 2.87. The topological polar surface area (TPSA) is 72.8 Å². The minimum Gasteiger partial charge on any atom is -0.458 e. The van der Waals surface area contributed by atoms with Gasteiger partial charge in [0.2, 0.25) is 0 Å². The van der Waals surface area contributed by atoms with Crippen molar-refractivity contribution in [3.63, 3.8) is 0 Å². The van der Waals surface area contributed by atoms with Crippen molar-refractivity contribution in [3.8, 4) is 0 Å². The summed E-state index contributed by atoms with van der Waals surface area (Å²) in [4.78, 5) is 24.0. The maximum absolute atomic E-state index is 12.1. The van der Waals surface area contributed by atoms with Crippen molar-refractivity contribution in [2.75, 3.05) is 0 Å². The molecule has 1 N–H and O–H groups in total. The molecule has 2 aliphatic carbocycles. The van der Waals surface area contributed by atoms with Gasteiger partial charge in [-0.25, -0.2) is 4.79 Å². The van der Waals surface area contributed by atoms with Crippen molar-refractivity contribution in [1.29, 1.82) is 0 Å². The van der Waals surface area contributed by atoms with Crippen LogP contribution < -0.4 is 0 Å². The Morgan fingerprint density at radius 3 is 2.58 bits per heavy atom. The molecule has 3 aliphatic rings. The molecule has 0 aromatic carbocycles. The van der Waals surface area contributed by atoms with E-state index in [0.717, 1.165) is 12.0 Å². The van der Waals surface area contributed by atoms with Gasteiger partial charge in [-0.1, -0.05) is 39.2 Å². The maximum Gasteiger partial charge on any atom is 0.334 e. The lowest BCUT2D eigenvalue weighted by atomic mass is 9.81. The number of aliphatic hydroxyl groups excluding tert-OH is 1. The highest BCUT2D eigenvalue weighted by Gasteiger charge is 2.58. The van der Waals surface area contributed by atoms with Crippen LogP contribution in [0.15, 0.2) is 36.5 Å². The highest BCUT2D eigenvalue weighted by molar-refractivity contribution is 5.91. The molecule has 5 heteroatoms. The van der Waals surface area contributed by atoms with Gasteiger partial charge in [0.05, 0.1) is 5.92 Å². The third-order valence-corrected chi connectivity index (χ3v) is 5.53. The van der Waals surface area contributed by atoms with Crippen LogP contribution in [0.4, 0.5) is 0 Å². The maximum atomic E-state index is 12.1. The average molecular weight is 332 g/mol. The fourth-order valence-corrected chi connectivity index (χ4v) is 4.15. The van der Waals surface area contributed by atoms with Crippen LogP contribution in [0.3, 0.4) is 0 Å². The minimum absolute atomic E-state index is 0.104. The summed E-state index contributed by atoms with van der Waals surface area (Å²) in [6, 6.07) is 0.